The van der Waals surface area contributed by atoms with Crippen LogP contribution in [0.1, 0.15) is 91.9 Å². The molecule has 0 bridgehead atoms. The predicted octanol–water partition coefficient (Wildman–Crippen LogP) is 9.06. The molecule has 0 rings (SSSR count). The summed E-state index contributed by atoms with van der Waals surface area (Å²) in [5.41, 5.74) is 0. The molecule has 0 saturated heterocycles. The monoisotopic (exact) mass is 478 g/mol. The van der Waals surface area contributed by atoms with Crippen molar-refractivity contribution in [3.63, 3.8) is 0 Å². The Balaban J connectivity index is 3.46. The maximum absolute atomic E-state index is 12.3. The van der Waals surface area contributed by atoms with Gasteiger partial charge in [0.2, 0.25) is 0 Å². The van der Waals surface area contributed by atoms with E-state index in [4.69, 9.17) is 18.1 Å². The van der Waals surface area contributed by atoms with Crippen LogP contribution < -0.4 is 0 Å². The van der Waals surface area contributed by atoms with Gasteiger partial charge in [0.25, 0.3) is 0 Å². The molecule has 0 spiro atoms. The molecule has 0 aliphatic heterocycles. The number of rotatable bonds is 23. The van der Waals surface area contributed by atoms with E-state index in [0.29, 0.717) is 25.0 Å². The molecule has 0 aliphatic rings. The molecule has 184 valence electrons. The van der Waals surface area contributed by atoms with Crippen molar-refractivity contribution in [2.75, 3.05) is 26.4 Å². The lowest BCUT2D eigenvalue weighted by atomic mass is 10.1. The molecule has 2 unspecified atom stereocenters. The van der Waals surface area contributed by atoms with Crippen LogP contribution in [0.4, 0.5) is 0 Å². The summed E-state index contributed by atoms with van der Waals surface area (Å²) >= 11 is 0. The molecule has 7 heteroatoms. The highest BCUT2D eigenvalue weighted by Crippen LogP contribution is 2.49. The van der Waals surface area contributed by atoms with Gasteiger partial charge in [-0.2, -0.15) is 0 Å². The minimum Gasteiger partial charge on any atom is -0.331 e. The van der Waals surface area contributed by atoms with Crippen LogP contribution in [0, 0.1) is 11.8 Å². The molecule has 0 aliphatic carbocycles. The molecular weight excluding hydrogens is 430 g/mol. The van der Waals surface area contributed by atoms with Crippen molar-refractivity contribution in [2.24, 2.45) is 11.8 Å². The third-order valence-electron chi connectivity index (χ3n) is 4.52. The Morgan fingerprint density at radius 2 is 1.19 bits per heavy atom. The van der Waals surface area contributed by atoms with Gasteiger partial charge in [-0.15, -0.1) is 0 Å². The Labute approximate surface area is 193 Å². The SMILES string of the molecule is C=CP(OCCCCCCCCCCCCOP(=O)(C=C)OCC(C)C)OCC(C)C. The first-order valence-corrected chi connectivity index (χ1v) is 14.9. The van der Waals surface area contributed by atoms with E-state index in [1.165, 1.54) is 50.8 Å². The van der Waals surface area contributed by atoms with Crippen LogP contribution in [0.15, 0.2) is 24.8 Å². The molecule has 0 aromatic rings. The van der Waals surface area contributed by atoms with Crippen LogP contribution in [0.2, 0.25) is 0 Å². The number of hydrogen-bond donors (Lipinski definition) is 0. The third kappa shape index (κ3) is 20.3. The number of unbranched alkanes of at least 4 members (excludes halogenated alkanes) is 9. The summed E-state index contributed by atoms with van der Waals surface area (Å²) in [5, 5.41) is 0. The van der Waals surface area contributed by atoms with Gasteiger partial charge in [0, 0.05) is 5.82 Å². The van der Waals surface area contributed by atoms with E-state index in [-0.39, 0.29) is 0 Å². The normalized spacial score (nSPS) is 14.6. The van der Waals surface area contributed by atoms with Crippen molar-refractivity contribution in [1.82, 2.24) is 0 Å². The molecular formula is C24H48O5P2. The number of hydrogen-bond acceptors (Lipinski definition) is 5. The zero-order valence-corrected chi connectivity index (χ0v) is 22.3. The van der Waals surface area contributed by atoms with E-state index in [2.05, 4.69) is 27.0 Å². The van der Waals surface area contributed by atoms with E-state index in [9.17, 15) is 4.57 Å². The minimum absolute atomic E-state index is 0.324. The Morgan fingerprint density at radius 1 is 0.710 bits per heavy atom. The minimum atomic E-state index is -3.11. The standard InChI is InChI=1S/C24H48O5P2/c1-7-30(27-21-23(3)4)26-19-17-15-13-11-9-10-12-14-16-18-20-28-31(25,8-2)29-22-24(5)6/h7-8,23-24H,1-2,9-22H2,3-6H3. The fourth-order valence-electron chi connectivity index (χ4n) is 2.73. The topological polar surface area (TPSA) is 54.0 Å². The molecule has 5 nitrogen and oxygen atoms in total. The molecule has 0 aromatic carbocycles. The Kier molecular flexibility index (Phi) is 20.6. The van der Waals surface area contributed by atoms with Crippen LogP contribution in [0.5, 0.6) is 0 Å². The molecule has 0 radical (unpaired) electrons. The lowest BCUT2D eigenvalue weighted by Crippen LogP contribution is -2.02. The van der Waals surface area contributed by atoms with Crippen molar-refractivity contribution < 1.29 is 22.7 Å². The lowest BCUT2D eigenvalue weighted by molar-refractivity contribution is 0.191. The lowest BCUT2D eigenvalue weighted by Gasteiger charge is -2.16. The van der Waals surface area contributed by atoms with Gasteiger partial charge >= 0.3 is 7.60 Å². The highest BCUT2D eigenvalue weighted by molar-refractivity contribution is 7.57. The van der Waals surface area contributed by atoms with Crippen molar-refractivity contribution >= 4 is 16.0 Å². The molecule has 31 heavy (non-hydrogen) atoms. The predicted molar refractivity (Wildman–Crippen MR) is 135 cm³/mol. The molecule has 0 amide bonds. The van der Waals surface area contributed by atoms with Gasteiger partial charge in [-0.1, -0.05) is 92.2 Å². The van der Waals surface area contributed by atoms with Crippen LogP contribution in [-0.4, -0.2) is 26.4 Å². The molecule has 2 atom stereocenters. The Morgan fingerprint density at radius 3 is 1.65 bits per heavy atom. The van der Waals surface area contributed by atoms with Gasteiger partial charge in [-0.05, 0) is 30.5 Å². The van der Waals surface area contributed by atoms with Crippen LogP contribution in [0.3, 0.4) is 0 Å². The van der Waals surface area contributed by atoms with E-state index < -0.39 is 16.0 Å². The second-order valence-corrected chi connectivity index (χ2v) is 12.2. The smallest absolute Gasteiger partial charge is 0.331 e. The maximum Gasteiger partial charge on any atom is 0.353 e. The second kappa shape index (κ2) is 20.6. The fourth-order valence-corrected chi connectivity index (χ4v) is 4.94. The summed E-state index contributed by atoms with van der Waals surface area (Å²) in [5.74, 6) is 3.96. The summed E-state index contributed by atoms with van der Waals surface area (Å²) < 4.78 is 34.6. The van der Waals surface area contributed by atoms with Crippen LogP contribution in [0.25, 0.3) is 0 Å². The first kappa shape index (κ1) is 31.0. The van der Waals surface area contributed by atoms with Crippen LogP contribution >= 0.6 is 16.0 Å². The summed E-state index contributed by atoms with van der Waals surface area (Å²) in [7, 11) is -4.02. The third-order valence-corrected chi connectivity index (χ3v) is 7.16. The average Bonchev–Trinajstić information content (AvgIpc) is 2.74. The molecule has 0 N–H and O–H groups in total. The van der Waals surface area contributed by atoms with Gasteiger partial charge in [0.15, 0.2) is 8.38 Å². The summed E-state index contributed by atoms with van der Waals surface area (Å²) in [6, 6.07) is 0. The first-order chi connectivity index (χ1) is 14.8. The van der Waals surface area contributed by atoms with Gasteiger partial charge in [0.05, 0.1) is 26.4 Å². The highest BCUT2D eigenvalue weighted by Gasteiger charge is 2.19. The van der Waals surface area contributed by atoms with E-state index in [1.54, 1.807) is 5.82 Å². The maximum atomic E-state index is 12.3. The quantitative estimate of drug-likeness (QED) is 0.108. The van der Waals surface area contributed by atoms with Crippen molar-refractivity contribution in [3.8, 4) is 0 Å². The molecule has 0 aromatic heterocycles. The zero-order chi connectivity index (χ0) is 23.4. The van der Waals surface area contributed by atoms with E-state index >= 15 is 0 Å². The second-order valence-electron chi connectivity index (χ2n) is 8.77. The molecule has 0 saturated carbocycles. The molecule has 0 heterocycles. The summed E-state index contributed by atoms with van der Waals surface area (Å²) in [6.45, 7) is 18.1. The van der Waals surface area contributed by atoms with Crippen molar-refractivity contribution in [3.05, 3.63) is 24.8 Å². The Bertz CT molecular complexity index is 483. The average molecular weight is 479 g/mol. The van der Waals surface area contributed by atoms with E-state index in [0.717, 1.165) is 32.5 Å². The summed E-state index contributed by atoms with van der Waals surface area (Å²) in [4.78, 5) is 0. The Hall–Kier alpha value is -0.0200. The largest absolute Gasteiger partial charge is 0.353 e. The van der Waals surface area contributed by atoms with Gasteiger partial charge < -0.3 is 18.1 Å². The molecule has 0 fully saturated rings. The zero-order valence-electron chi connectivity index (χ0n) is 20.6. The van der Waals surface area contributed by atoms with Crippen molar-refractivity contribution in [2.45, 2.75) is 91.9 Å². The van der Waals surface area contributed by atoms with Gasteiger partial charge in [-0.25, -0.2) is 0 Å². The van der Waals surface area contributed by atoms with E-state index in [1.807, 2.05) is 13.8 Å². The fraction of sp³-hybridized carbons (Fsp3) is 0.833. The van der Waals surface area contributed by atoms with Gasteiger partial charge in [0.1, 0.15) is 0 Å². The summed E-state index contributed by atoms with van der Waals surface area (Å²) in [6.07, 6.45) is 11.9. The van der Waals surface area contributed by atoms with Crippen LogP contribution in [-0.2, 0) is 22.7 Å². The van der Waals surface area contributed by atoms with Crippen molar-refractivity contribution in [1.29, 1.82) is 0 Å². The first-order valence-electron chi connectivity index (χ1n) is 12.0. The van der Waals surface area contributed by atoms with Gasteiger partial charge in [-0.3, -0.25) is 4.57 Å². The highest BCUT2D eigenvalue weighted by atomic mass is 31.2.